The summed E-state index contributed by atoms with van der Waals surface area (Å²) in [6.45, 7) is 7.75. The number of guanidine groups is 1. The van der Waals surface area contributed by atoms with E-state index in [2.05, 4.69) is 27.8 Å². The molecule has 0 aliphatic carbocycles. The lowest BCUT2D eigenvalue weighted by molar-refractivity contribution is -0.135. The highest BCUT2D eigenvalue weighted by Gasteiger charge is 2.36. The van der Waals surface area contributed by atoms with E-state index in [-0.39, 0.29) is 17.2 Å². The maximum Gasteiger partial charge on any atom is 0.225 e. The van der Waals surface area contributed by atoms with Crippen molar-refractivity contribution in [2.24, 2.45) is 10.9 Å². The number of nitrogens with zero attached hydrogens (tertiary/aromatic N) is 2. The molecule has 3 rings (SSSR count). The van der Waals surface area contributed by atoms with Crippen molar-refractivity contribution in [2.45, 2.75) is 51.0 Å². The molecule has 2 aliphatic rings. The number of hydrogen-bond donors (Lipinski definition) is 2. The number of amides is 1. The molecule has 0 spiro atoms. The predicted octanol–water partition coefficient (Wildman–Crippen LogP) is 3.20. The largest absolute Gasteiger partial charge is 0.381 e. The van der Waals surface area contributed by atoms with Crippen LogP contribution in [0.2, 0.25) is 5.02 Å². The maximum atomic E-state index is 12.2. The minimum absolute atomic E-state index is 0.0596. The van der Waals surface area contributed by atoms with Gasteiger partial charge in [0.05, 0.1) is 0 Å². The van der Waals surface area contributed by atoms with E-state index >= 15 is 0 Å². The molecule has 2 saturated heterocycles. The van der Waals surface area contributed by atoms with E-state index in [1.54, 1.807) is 7.05 Å². The van der Waals surface area contributed by atoms with E-state index in [0.717, 1.165) is 69.5 Å². The number of aliphatic imine (C=N–C) groups is 1. The van der Waals surface area contributed by atoms with Crippen molar-refractivity contribution in [3.05, 3.63) is 34.9 Å². The fourth-order valence-corrected chi connectivity index (χ4v) is 4.78. The highest BCUT2D eigenvalue weighted by molar-refractivity contribution is 6.31. The first-order valence-corrected chi connectivity index (χ1v) is 11.4. The summed E-state index contributed by atoms with van der Waals surface area (Å²) in [6.07, 6.45) is 3.72. The van der Waals surface area contributed by atoms with Gasteiger partial charge in [0.1, 0.15) is 0 Å². The maximum absolute atomic E-state index is 12.2. The van der Waals surface area contributed by atoms with Crippen molar-refractivity contribution in [1.29, 1.82) is 0 Å². The zero-order chi connectivity index (χ0) is 21.6. The van der Waals surface area contributed by atoms with Crippen LogP contribution in [0, 0.1) is 5.92 Å². The van der Waals surface area contributed by atoms with E-state index in [9.17, 15) is 4.79 Å². The molecule has 0 unspecified atom stereocenters. The smallest absolute Gasteiger partial charge is 0.225 e. The molecule has 6 nitrogen and oxygen atoms in total. The average molecular weight is 435 g/mol. The van der Waals surface area contributed by atoms with Gasteiger partial charge >= 0.3 is 0 Å². The number of carbonyl (C=O) groups excluding carboxylic acids is 1. The molecule has 2 N–H and O–H groups in total. The first-order chi connectivity index (χ1) is 14.4. The van der Waals surface area contributed by atoms with Gasteiger partial charge in [-0.05, 0) is 37.3 Å². The predicted molar refractivity (Wildman–Crippen MR) is 122 cm³/mol. The fraction of sp³-hybridized carbons (Fsp3) is 0.652. The Morgan fingerprint density at radius 1 is 1.27 bits per heavy atom. The Hall–Kier alpha value is -1.79. The SMILES string of the molecule is CN=C(NCC1(c2ccccc2Cl)CCOCC1)NC1CCN(C(=O)C(C)C)CC1. The van der Waals surface area contributed by atoms with Crippen LogP contribution in [0.3, 0.4) is 0 Å². The van der Waals surface area contributed by atoms with Crippen LogP contribution in [0.15, 0.2) is 29.3 Å². The number of ether oxygens (including phenoxy) is 1. The van der Waals surface area contributed by atoms with Gasteiger partial charge in [-0.1, -0.05) is 43.6 Å². The molecule has 1 amide bonds. The van der Waals surface area contributed by atoms with Gasteiger partial charge in [0, 0.05) is 62.3 Å². The second-order valence-corrected chi connectivity index (χ2v) is 9.10. The third-order valence-electron chi connectivity index (χ3n) is 6.35. The van der Waals surface area contributed by atoms with E-state index < -0.39 is 0 Å². The van der Waals surface area contributed by atoms with E-state index in [1.165, 1.54) is 5.56 Å². The van der Waals surface area contributed by atoms with Gasteiger partial charge in [0.2, 0.25) is 5.91 Å². The Bertz CT molecular complexity index is 738. The zero-order valence-electron chi connectivity index (χ0n) is 18.4. The number of piperidine rings is 1. The quantitative estimate of drug-likeness (QED) is 0.551. The molecular weight excluding hydrogens is 400 g/mol. The van der Waals surface area contributed by atoms with Crippen LogP contribution in [-0.2, 0) is 14.9 Å². The summed E-state index contributed by atoms with van der Waals surface area (Å²) in [4.78, 5) is 18.6. The van der Waals surface area contributed by atoms with Crippen molar-refractivity contribution in [1.82, 2.24) is 15.5 Å². The lowest BCUT2D eigenvalue weighted by Gasteiger charge is -2.39. The van der Waals surface area contributed by atoms with Crippen LogP contribution >= 0.6 is 11.6 Å². The zero-order valence-corrected chi connectivity index (χ0v) is 19.2. The molecule has 1 aromatic carbocycles. The highest BCUT2D eigenvalue weighted by atomic mass is 35.5. The van der Waals surface area contributed by atoms with Crippen LogP contribution < -0.4 is 10.6 Å². The van der Waals surface area contributed by atoms with Crippen molar-refractivity contribution in [2.75, 3.05) is 39.9 Å². The minimum atomic E-state index is -0.0682. The molecule has 2 fully saturated rings. The summed E-state index contributed by atoms with van der Waals surface area (Å²) in [5.41, 5.74) is 1.11. The van der Waals surface area contributed by atoms with Gasteiger partial charge in [0.15, 0.2) is 5.96 Å². The monoisotopic (exact) mass is 434 g/mol. The summed E-state index contributed by atoms with van der Waals surface area (Å²) in [7, 11) is 1.80. The standard InChI is InChI=1S/C23H35ClN4O2/c1-17(2)21(29)28-12-8-18(9-13-28)27-22(25-3)26-16-23(10-14-30-15-11-23)19-6-4-5-7-20(19)24/h4-7,17-18H,8-16H2,1-3H3,(H2,25,26,27). The second kappa shape index (κ2) is 10.5. The Morgan fingerprint density at radius 2 is 1.93 bits per heavy atom. The van der Waals surface area contributed by atoms with Gasteiger partial charge in [-0.25, -0.2) is 0 Å². The number of rotatable bonds is 5. The molecule has 7 heteroatoms. The number of halogens is 1. The van der Waals surface area contributed by atoms with Crippen molar-refractivity contribution in [3.8, 4) is 0 Å². The van der Waals surface area contributed by atoms with E-state index in [4.69, 9.17) is 16.3 Å². The van der Waals surface area contributed by atoms with Crippen molar-refractivity contribution >= 4 is 23.5 Å². The minimum Gasteiger partial charge on any atom is -0.381 e. The number of carbonyl (C=O) groups is 1. The Kier molecular flexibility index (Phi) is 8.00. The molecular formula is C23H35ClN4O2. The topological polar surface area (TPSA) is 66.0 Å². The molecule has 0 saturated carbocycles. The summed E-state index contributed by atoms with van der Waals surface area (Å²) >= 11 is 6.57. The molecule has 2 aliphatic heterocycles. The normalized spacial score (nSPS) is 20.3. The van der Waals surface area contributed by atoms with E-state index in [0.29, 0.717) is 6.04 Å². The van der Waals surface area contributed by atoms with E-state index in [1.807, 2.05) is 30.9 Å². The summed E-state index contributed by atoms with van der Waals surface area (Å²) < 4.78 is 5.64. The number of benzene rings is 1. The molecule has 1 aromatic rings. The Balaban J connectivity index is 1.59. The molecule has 30 heavy (non-hydrogen) atoms. The number of hydrogen-bond acceptors (Lipinski definition) is 3. The third kappa shape index (κ3) is 5.46. The first-order valence-electron chi connectivity index (χ1n) is 11.0. The van der Waals surface area contributed by atoms with Crippen LogP contribution in [0.25, 0.3) is 0 Å². The highest BCUT2D eigenvalue weighted by Crippen LogP contribution is 2.38. The molecule has 0 bridgehead atoms. The van der Waals surface area contributed by atoms with Crippen molar-refractivity contribution in [3.63, 3.8) is 0 Å². The fourth-order valence-electron chi connectivity index (χ4n) is 4.45. The Labute approximate surface area is 185 Å². The van der Waals surface area contributed by atoms with Gasteiger partial charge in [-0.2, -0.15) is 0 Å². The number of nitrogens with one attached hydrogen (secondary N) is 2. The number of likely N-dealkylation sites (tertiary alicyclic amines) is 1. The van der Waals surface area contributed by atoms with Crippen LogP contribution in [0.5, 0.6) is 0 Å². The third-order valence-corrected chi connectivity index (χ3v) is 6.68. The van der Waals surface area contributed by atoms with Crippen LogP contribution in [-0.4, -0.2) is 62.7 Å². The Morgan fingerprint density at radius 3 is 2.53 bits per heavy atom. The molecule has 2 heterocycles. The molecule has 0 radical (unpaired) electrons. The van der Waals surface area contributed by atoms with Crippen molar-refractivity contribution < 1.29 is 9.53 Å². The molecule has 0 aromatic heterocycles. The lowest BCUT2D eigenvalue weighted by atomic mass is 9.74. The lowest BCUT2D eigenvalue weighted by Crippen LogP contribution is -2.53. The van der Waals surface area contributed by atoms with Gasteiger partial charge in [0.25, 0.3) is 0 Å². The average Bonchev–Trinajstić information content (AvgIpc) is 2.77. The molecule has 166 valence electrons. The summed E-state index contributed by atoms with van der Waals surface area (Å²) in [6, 6.07) is 8.44. The van der Waals surface area contributed by atoms with Gasteiger partial charge in [-0.3, -0.25) is 9.79 Å². The summed E-state index contributed by atoms with van der Waals surface area (Å²) in [5.74, 6) is 1.11. The molecule has 0 atom stereocenters. The second-order valence-electron chi connectivity index (χ2n) is 8.70. The van der Waals surface area contributed by atoms with Gasteiger partial charge in [-0.15, -0.1) is 0 Å². The van der Waals surface area contributed by atoms with Gasteiger partial charge < -0.3 is 20.3 Å². The van der Waals surface area contributed by atoms with Crippen LogP contribution in [0.1, 0.15) is 45.1 Å². The van der Waals surface area contributed by atoms with Crippen LogP contribution in [0.4, 0.5) is 0 Å². The summed E-state index contributed by atoms with van der Waals surface area (Å²) in [5, 5.41) is 7.91. The first kappa shape index (κ1) is 22.9.